The molecule has 4 rings (SSSR count). The van der Waals surface area contributed by atoms with Gasteiger partial charge in [-0.25, -0.2) is 4.99 Å². The monoisotopic (exact) mass is 512 g/mol. The lowest BCUT2D eigenvalue weighted by Gasteiger charge is -2.28. The number of thioether (sulfide) groups is 1. The second kappa shape index (κ2) is 10.6. The molecule has 0 bridgehead atoms. The summed E-state index contributed by atoms with van der Waals surface area (Å²) in [5.74, 6) is 0.293. The third-order valence-electron chi connectivity index (χ3n) is 6.38. The van der Waals surface area contributed by atoms with E-state index < -0.39 is 0 Å². The van der Waals surface area contributed by atoms with Gasteiger partial charge in [-0.2, -0.15) is 0 Å². The summed E-state index contributed by atoms with van der Waals surface area (Å²) in [4.78, 5) is 20.9. The zero-order chi connectivity index (χ0) is 26.8. The lowest BCUT2D eigenvalue weighted by molar-refractivity contribution is -0.122. The number of nitrogens with zero attached hydrogens (tertiary/aromatic N) is 2. The van der Waals surface area contributed by atoms with Crippen molar-refractivity contribution in [3.05, 3.63) is 100.0 Å². The number of aromatic hydroxyl groups is 1. The van der Waals surface area contributed by atoms with Crippen molar-refractivity contribution in [2.45, 2.75) is 58.8 Å². The van der Waals surface area contributed by atoms with E-state index in [2.05, 4.69) is 53.7 Å². The highest BCUT2D eigenvalue weighted by atomic mass is 32.2. The average molecular weight is 513 g/mol. The number of benzene rings is 3. The molecule has 3 aromatic carbocycles. The van der Waals surface area contributed by atoms with Crippen molar-refractivity contribution in [3.63, 3.8) is 0 Å². The molecule has 4 nitrogen and oxygen atoms in total. The summed E-state index contributed by atoms with van der Waals surface area (Å²) < 4.78 is 0. The lowest BCUT2D eigenvalue weighted by atomic mass is 9.78. The Morgan fingerprint density at radius 3 is 1.95 bits per heavy atom. The van der Waals surface area contributed by atoms with E-state index in [1.54, 1.807) is 4.90 Å². The van der Waals surface area contributed by atoms with Gasteiger partial charge in [-0.05, 0) is 70.5 Å². The fraction of sp³-hybridized carbons (Fsp3) is 0.312. The zero-order valence-electron chi connectivity index (χ0n) is 22.6. The molecule has 0 unspecified atom stereocenters. The van der Waals surface area contributed by atoms with Crippen molar-refractivity contribution in [2.75, 3.05) is 6.54 Å². The van der Waals surface area contributed by atoms with Crippen LogP contribution in [0.2, 0.25) is 0 Å². The van der Waals surface area contributed by atoms with Crippen molar-refractivity contribution >= 4 is 34.6 Å². The largest absolute Gasteiger partial charge is 0.507 e. The molecule has 1 heterocycles. The lowest BCUT2D eigenvalue weighted by Crippen LogP contribution is -2.31. The van der Waals surface area contributed by atoms with E-state index in [4.69, 9.17) is 4.99 Å². The molecule has 0 aromatic heterocycles. The molecule has 1 N–H and O–H groups in total. The van der Waals surface area contributed by atoms with E-state index >= 15 is 0 Å². The predicted octanol–water partition coefficient (Wildman–Crippen LogP) is 7.83. The van der Waals surface area contributed by atoms with Gasteiger partial charge in [0.15, 0.2) is 5.17 Å². The van der Waals surface area contributed by atoms with E-state index in [1.807, 2.05) is 66.7 Å². The number of aliphatic imine (C=N–C) groups is 1. The van der Waals surface area contributed by atoms with Crippen molar-refractivity contribution < 1.29 is 9.90 Å². The normalized spacial score (nSPS) is 16.7. The number of carbonyl (C=O) groups is 1. The average Bonchev–Trinajstić information content (AvgIpc) is 3.12. The van der Waals surface area contributed by atoms with Crippen LogP contribution in [-0.2, 0) is 22.0 Å². The van der Waals surface area contributed by atoms with Crippen molar-refractivity contribution in [2.24, 2.45) is 4.99 Å². The van der Waals surface area contributed by atoms with Gasteiger partial charge in [0.2, 0.25) is 0 Å². The maximum atomic E-state index is 13.7. The maximum absolute atomic E-state index is 13.7. The quantitative estimate of drug-likeness (QED) is 0.354. The molecule has 0 spiro atoms. The summed E-state index contributed by atoms with van der Waals surface area (Å²) in [7, 11) is 0. The third-order valence-corrected chi connectivity index (χ3v) is 7.39. The molecule has 0 aliphatic carbocycles. The summed E-state index contributed by atoms with van der Waals surface area (Å²) in [5.41, 5.74) is 4.17. The van der Waals surface area contributed by atoms with Crippen LogP contribution in [0.3, 0.4) is 0 Å². The van der Waals surface area contributed by atoms with Gasteiger partial charge in [-0.1, -0.05) is 90.1 Å². The molecule has 5 heteroatoms. The Morgan fingerprint density at radius 1 is 0.865 bits per heavy atom. The summed E-state index contributed by atoms with van der Waals surface area (Å²) in [6.07, 6.45) is 2.69. The minimum Gasteiger partial charge on any atom is -0.507 e. The number of phenolic OH excluding ortho intramolecular Hbond substituents is 1. The molecule has 1 fully saturated rings. The van der Waals surface area contributed by atoms with Gasteiger partial charge < -0.3 is 5.11 Å². The molecule has 1 aliphatic rings. The summed E-state index contributed by atoms with van der Waals surface area (Å²) in [6, 6.07) is 24.0. The van der Waals surface area contributed by atoms with Crippen LogP contribution in [0.15, 0.2) is 82.7 Å². The van der Waals surface area contributed by atoms with Crippen LogP contribution in [0.25, 0.3) is 6.08 Å². The predicted molar refractivity (Wildman–Crippen MR) is 156 cm³/mol. The topological polar surface area (TPSA) is 52.9 Å². The van der Waals surface area contributed by atoms with Gasteiger partial charge in [-0.3, -0.25) is 9.69 Å². The van der Waals surface area contributed by atoms with Gasteiger partial charge in [0.1, 0.15) is 5.75 Å². The second-order valence-electron chi connectivity index (χ2n) is 11.5. The summed E-state index contributed by atoms with van der Waals surface area (Å²) >= 11 is 1.41. The van der Waals surface area contributed by atoms with E-state index in [1.165, 1.54) is 17.3 Å². The zero-order valence-corrected chi connectivity index (χ0v) is 23.4. The Labute approximate surface area is 225 Å². The standard InChI is InChI=1S/C32H36N2O2S/c1-31(2,3)25-19-23(20-26(28(25)35)32(4,5)6)21-27-29(36)34(18-17-22-13-9-7-10-14-22)30(37-27)33-24-15-11-8-12-16-24/h7-16,19-21,35H,17-18H2,1-6H3/b27-21+,33-30?. The fourth-order valence-electron chi connectivity index (χ4n) is 4.32. The minimum atomic E-state index is -0.243. The van der Waals surface area contributed by atoms with E-state index in [0.717, 1.165) is 28.8 Å². The van der Waals surface area contributed by atoms with Gasteiger partial charge in [0.05, 0.1) is 10.6 Å². The number of carbonyl (C=O) groups excluding carboxylic acids is 1. The van der Waals surface area contributed by atoms with Crippen LogP contribution in [0.1, 0.15) is 63.8 Å². The molecule has 192 valence electrons. The minimum absolute atomic E-state index is 0.0432. The third kappa shape index (κ3) is 6.34. The maximum Gasteiger partial charge on any atom is 0.266 e. The Hall–Kier alpha value is -3.31. The Kier molecular flexibility index (Phi) is 7.65. The van der Waals surface area contributed by atoms with E-state index in [9.17, 15) is 9.90 Å². The number of hydrogen-bond acceptors (Lipinski definition) is 4. The number of amidine groups is 1. The molecule has 0 atom stereocenters. The number of hydrogen-bond donors (Lipinski definition) is 1. The first-order valence-corrected chi connectivity index (χ1v) is 13.5. The van der Waals surface area contributed by atoms with Crippen LogP contribution in [0.4, 0.5) is 5.69 Å². The van der Waals surface area contributed by atoms with Crippen molar-refractivity contribution in [1.82, 2.24) is 4.90 Å². The molecule has 0 radical (unpaired) electrons. The first-order chi connectivity index (χ1) is 17.4. The smallest absolute Gasteiger partial charge is 0.266 e. The van der Waals surface area contributed by atoms with Crippen LogP contribution < -0.4 is 0 Å². The molecular weight excluding hydrogens is 476 g/mol. The summed E-state index contributed by atoms with van der Waals surface area (Å²) in [5, 5.41) is 11.8. The highest BCUT2D eigenvalue weighted by Crippen LogP contribution is 2.41. The van der Waals surface area contributed by atoms with Crippen molar-refractivity contribution in [1.29, 1.82) is 0 Å². The van der Waals surface area contributed by atoms with Crippen LogP contribution in [0, 0.1) is 0 Å². The molecule has 1 aliphatic heterocycles. The van der Waals surface area contributed by atoms with Gasteiger partial charge in [0, 0.05) is 17.7 Å². The molecular formula is C32H36N2O2S. The highest BCUT2D eigenvalue weighted by Gasteiger charge is 2.34. The van der Waals surface area contributed by atoms with Gasteiger partial charge in [-0.15, -0.1) is 0 Å². The molecule has 3 aromatic rings. The number of phenols is 1. The van der Waals surface area contributed by atoms with Crippen LogP contribution in [-0.4, -0.2) is 27.6 Å². The second-order valence-corrected chi connectivity index (χ2v) is 12.5. The van der Waals surface area contributed by atoms with E-state index in [0.29, 0.717) is 22.4 Å². The number of amides is 1. The Balaban J connectivity index is 1.74. The van der Waals surface area contributed by atoms with Gasteiger partial charge >= 0.3 is 0 Å². The molecule has 37 heavy (non-hydrogen) atoms. The first kappa shape index (κ1) is 26.7. The molecule has 1 amide bonds. The molecule has 0 saturated carbocycles. The fourth-order valence-corrected chi connectivity index (χ4v) is 5.35. The number of para-hydroxylation sites is 1. The molecule has 1 saturated heterocycles. The first-order valence-electron chi connectivity index (χ1n) is 12.7. The highest BCUT2D eigenvalue weighted by molar-refractivity contribution is 8.18. The number of rotatable bonds is 5. The SMILES string of the molecule is CC(C)(C)c1cc(/C=C2/SC(=Nc3ccccc3)N(CCc3ccccc3)C2=O)cc(C(C)(C)C)c1O. The van der Waals surface area contributed by atoms with Crippen LogP contribution >= 0.6 is 11.8 Å². The van der Waals surface area contributed by atoms with E-state index in [-0.39, 0.29) is 16.7 Å². The Morgan fingerprint density at radius 2 is 1.41 bits per heavy atom. The van der Waals surface area contributed by atoms with Crippen LogP contribution in [0.5, 0.6) is 5.75 Å². The van der Waals surface area contributed by atoms with Crippen molar-refractivity contribution in [3.8, 4) is 5.75 Å². The summed E-state index contributed by atoms with van der Waals surface area (Å²) in [6.45, 7) is 13.1. The van der Waals surface area contributed by atoms with Gasteiger partial charge in [0.25, 0.3) is 5.91 Å². The Bertz CT molecular complexity index is 1300.